The zero-order chi connectivity index (χ0) is 52.2. The SMILES string of the molecule is CCCCCCCCCCCCCC=C[C@@H](OC(=O)c1ccccc1)[C@H](CO[C@@]1(C)O[C@H](COC(=O)O)[C@H](OC(=O)O)[C@H](OC(=O)c2ccccc2)[C@H]1O)NC(=O)CCCCCCCCCCCCCCC. The highest BCUT2D eigenvalue weighted by molar-refractivity contribution is 5.90. The van der Waals surface area contributed by atoms with Crippen LogP contribution in [-0.2, 0) is 33.2 Å². The van der Waals surface area contributed by atoms with Gasteiger partial charge in [-0.15, -0.1) is 0 Å². The van der Waals surface area contributed by atoms with Crippen molar-refractivity contribution >= 4 is 30.2 Å². The van der Waals surface area contributed by atoms with Crippen LogP contribution in [0.4, 0.5) is 9.59 Å². The number of carbonyl (C=O) groups excluding carboxylic acids is 3. The molecule has 15 heteroatoms. The molecule has 1 fully saturated rings. The van der Waals surface area contributed by atoms with Gasteiger partial charge in [0.05, 0.1) is 23.8 Å². The van der Waals surface area contributed by atoms with E-state index in [9.17, 15) is 39.3 Å². The van der Waals surface area contributed by atoms with Crippen LogP contribution >= 0.6 is 0 Å². The van der Waals surface area contributed by atoms with E-state index in [1.165, 1.54) is 122 Å². The minimum atomic E-state index is -2.18. The molecule has 2 aromatic carbocycles. The molecule has 1 heterocycles. The molecule has 7 atom stereocenters. The zero-order valence-corrected chi connectivity index (χ0v) is 43.5. The van der Waals surface area contributed by atoms with Crippen molar-refractivity contribution in [3.05, 3.63) is 83.9 Å². The van der Waals surface area contributed by atoms with Crippen LogP contribution in [0.3, 0.4) is 0 Å². The molecule has 0 radical (unpaired) electrons. The molecule has 0 bridgehead atoms. The van der Waals surface area contributed by atoms with Gasteiger partial charge in [0.15, 0.2) is 18.0 Å². The van der Waals surface area contributed by atoms with E-state index in [0.717, 1.165) is 44.9 Å². The molecule has 0 unspecified atom stereocenters. The Hall–Kier alpha value is -4.99. The number of carboxylic acid groups (broad SMARTS) is 2. The van der Waals surface area contributed by atoms with Gasteiger partial charge < -0.3 is 49.1 Å². The standard InChI is InChI=1S/C57H87NO14/c1-4-6-8-10-12-14-16-18-20-22-24-26-34-40-47(69-53(61)44-36-30-28-31-37-44)46(58-49(59)41-35-27-25-23-21-19-17-15-13-11-9-7-5-2)42-68-57(3)52(60)51(70-54(62)45-38-32-29-33-39-45)50(71-56(65)66)48(72-57)43-67-55(63)64/h28-34,36-40,46-48,50-52,60H,4-27,35,41-43H2,1-3H3,(H,58,59)(H,63,64)(H,65,66)/t46-,47+,48+,50-,51-,52+,57-/m0/s1. The lowest BCUT2D eigenvalue weighted by Gasteiger charge is -2.48. The van der Waals surface area contributed by atoms with Crippen LogP contribution < -0.4 is 5.32 Å². The van der Waals surface area contributed by atoms with Gasteiger partial charge in [0.25, 0.3) is 0 Å². The van der Waals surface area contributed by atoms with Crippen LogP contribution in [0.15, 0.2) is 72.8 Å². The van der Waals surface area contributed by atoms with E-state index in [2.05, 4.69) is 19.2 Å². The largest absolute Gasteiger partial charge is 0.506 e. The second-order valence-corrected chi connectivity index (χ2v) is 19.2. The number of aliphatic hydroxyl groups is 1. The summed E-state index contributed by atoms with van der Waals surface area (Å²) in [6.07, 6.45) is 20.8. The number of aliphatic hydroxyl groups excluding tert-OH is 1. The molecule has 72 heavy (non-hydrogen) atoms. The van der Waals surface area contributed by atoms with Crippen molar-refractivity contribution in [2.24, 2.45) is 0 Å². The monoisotopic (exact) mass is 1010 g/mol. The van der Waals surface area contributed by atoms with Gasteiger partial charge in [0.2, 0.25) is 5.91 Å². The van der Waals surface area contributed by atoms with E-state index in [1.54, 1.807) is 54.6 Å². The Balaban J connectivity index is 1.83. The molecular weight excluding hydrogens is 923 g/mol. The van der Waals surface area contributed by atoms with Gasteiger partial charge >= 0.3 is 24.2 Å². The number of hydrogen-bond donors (Lipinski definition) is 4. The second kappa shape index (κ2) is 36.8. The fraction of sp³-hybridized carbons (Fsp3) is 0.667. The fourth-order valence-corrected chi connectivity index (χ4v) is 8.92. The third-order valence-electron chi connectivity index (χ3n) is 13.1. The van der Waals surface area contributed by atoms with Crippen LogP contribution in [0.1, 0.15) is 208 Å². The number of esters is 2. The van der Waals surface area contributed by atoms with Crippen molar-refractivity contribution in [1.29, 1.82) is 0 Å². The highest BCUT2D eigenvalue weighted by Crippen LogP contribution is 2.35. The predicted molar refractivity (Wildman–Crippen MR) is 276 cm³/mol. The number of ether oxygens (including phenoxy) is 6. The molecule has 0 aliphatic carbocycles. The number of unbranched alkanes of at least 4 members (excludes halogenated alkanes) is 23. The Kier molecular flexibility index (Phi) is 31.4. The summed E-state index contributed by atoms with van der Waals surface area (Å²) in [4.78, 5) is 64.5. The quantitative estimate of drug-likeness (QED) is 0.0212. The molecular formula is C57H87NO14. The first-order chi connectivity index (χ1) is 34.9. The van der Waals surface area contributed by atoms with Crippen LogP contribution in [0.5, 0.6) is 0 Å². The normalized spacial score (nSPS) is 19.6. The summed E-state index contributed by atoms with van der Waals surface area (Å²) in [5.74, 6) is -4.10. The lowest BCUT2D eigenvalue weighted by atomic mass is 9.92. The van der Waals surface area contributed by atoms with Crippen molar-refractivity contribution in [2.45, 2.75) is 230 Å². The van der Waals surface area contributed by atoms with Gasteiger partial charge in [-0.1, -0.05) is 198 Å². The maximum absolute atomic E-state index is 13.8. The summed E-state index contributed by atoms with van der Waals surface area (Å²) >= 11 is 0. The van der Waals surface area contributed by atoms with Crippen LogP contribution in [0.25, 0.3) is 0 Å². The minimum absolute atomic E-state index is 0.0699. The number of allylic oxidation sites excluding steroid dienone is 1. The third kappa shape index (κ3) is 25.1. The van der Waals surface area contributed by atoms with Crippen LogP contribution in [0, 0.1) is 0 Å². The number of carbonyl (C=O) groups is 5. The number of amides is 1. The molecule has 2 aromatic rings. The first-order valence-electron chi connectivity index (χ1n) is 27.1. The van der Waals surface area contributed by atoms with Crippen molar-refractivity contribution in [2.75, 3.05) is 13.2 Å². The van der Waals surface area contributed by atoms with Gasteiger partial charge in [-0.2, -0.15) is 0 Å². The molecule has 3 rings (SSSR count). The highest BCUT2D eigenvalue weighted by atomic mass is 16.8. The Morgan fingerprint density at radius 2 is 1.10 bits per heavy atom. The van der Waals surface area contributed by atoms with E-state index in [-0.39, 0.29) is 23.5 Å². The van der Waals surface area contributed by atoms with E-state index in [0.29, 0.717) is 12.8 Å². The number of nitrogens with one attached hydrogen (secondary N) is 1. The van der Waals surface area contributed by atoms with E-state index < -0.39 is 79.8 Å². The van der Waals surface area contributed by atoms with Crippen LogP contribution in [-0.4, -0.2) is 101 Å². The molecule has 1 saturated heterocycles. The number of hydrogen-bond acceptors (Lipinski definition) is 12. The van der Waals surface area contributed by atoms with Gasteiger partial charge in [-0.25, -0.2) is 19.2 Å². The predicted octanol–water partition coefficient (Wildman–Crippen LogP) is 12.9. The van der Waals surface area contributed by atoms with Crippen LogP contribution in [0.2, 0.25) is 0 Å². The Labute approximate surface area is 429 Å². The molecule has 0 spiro atoms. The number of rotatable bonds is 39. The molecule has 0 aromatic heterocycles. The smallest absolute Gasteiger partial charge is 0.452 e. The van der Waals surface area contributed by atoms with Gasteiger partial charge in [0, 0.05) is 6.42 Å². The average molecular weight is 1010 g/mol. The molecule has 15 nitrogen and oxygen atoms in total. The molecule has 1 amide bonds. The number of benzene rings is 2. The first kappa shape index (κ1) is 61.3. The first-order valence-corrected chi connectivity index (χ1v) is 27.1. The Morgan fingerprint density at radius 1 is 0.625 bits per heavy atom. The topological polar surface area (TPSA) is 213 Å². The lowest BCUT2D eigenvalue weighted by Crippen LogP contribution is -2.67. The Bertz CT molecular complexity index is 1830. The maximum Gasteiger partial charge on any atom is 0.506 e. The van der Waals surface area contributed by atoms with E-state index in [4.69, 9.17) is 28.4 Å². The summed E-state index contributed by atoms with van der Waals surface area (Å²) in [5, 5.41) is 34.1. The summed E-state index contributed by atoms with van der Waals surface area (Å²) in [7, 11) is 0. The minimum Gasteiger partial charge on any atom is -0.452 e. The van der Waals surface area contributed by atoms with Gasteiger partial charge in [0.1, 0.15) is 24.9 Å². The fourth-order valence-electron chi connectivity index (χ4n) is 8.92. The summed E-state index contributed by atoms with van der Waals surface area (Å²) in [6.45, 7) is 4.49. The van der Waals surface area contributed by atoms with E-state index >= 15 is 0 Å². The Morgan fingerprint density at radius 3 is 1.58 bits per heavy atom. The molecule has 1 aliphatic heterocycles. The zero-order valence-electron chi connectivity index (χ0n) is 43.5. The second-order valence-electron chi connectivity index (χ2n) is 19.2. The lowest BCUT2D eigenvalue weighted by molar-refractivity contribution is -0.357. The van der Waals surface area contributed by atoms with Crippen molar-refractivity contribution in [3.8, 4) is 0 Å². The average Bonchev–Trinajstić information content (AvgIpc) is 3.37. The van der Waals surface area contributed by atoms with Crippen molar-refractivity contribution < 1.29 is 67.7 Å². The highest BCUT2D eigenvalue weighted by Gasteiger charge is 2.57. The van der Waals surface area contributed by atoms with Gasteiger partial charge in [-0.05, 0) is 56.5 Å². The summed E-state index contributed by atoms with van der Waals surface area (Å²) in [6, 6.07) is 15.1. The summed E-state index contributed by atoms with van der Waals surface area (Å²) in [5.41, 5.74) is 0.353. The third-order valence-corrected chi connectivity index (χ3v) is 13.1. The molecule has 0 saturated carbocycles. The van der Waals surface area contributed by atoms with Crippen molar-refractivity contribution in [1.82, 2.24) is 5.32 Å². The van der Waals surface area contributed by atoms with Gasteiger partial charge in [-0.3, -0.25) is 4.79 Å². The molecule has 404 valence electrons. The molecule has 1 aliphatic rings. The van der Waals surface area contributed by atoms with E-state index in [1.807, 2.05) is 6.08 Å². The summed E-state index contributed by atoms with van der Waals surface area (Å²) < 4.78 is 34.2. The van der Waals surface area contributed by atoms with Crippen molar-refractivity contribution in [3.63, 3.8) is 0 Å². The molecule has 4 N–H and O–H groups in total. The maximum atomic E-state index is 13.8.